The lowest BCUT2D eigenvalue weighted by Crippen LogP contribution is -2.58. The SMILES string of the molecule is CC(C)(C)OC(=O)N[C@H]1CCCCC/C=C\[C@H]2C[C@@]2(C(=O)NS(=O)(=O)c2ccc(Cl)cc2)NC(=O)[C@@H]2C[C@@H](OC(=O)N3Cc4cccc(F)c4C3)CN2C1=O. The zero-order chi connectivity index (χ0) is 39.7. The number of sulfonamides is 1. The number of carbonyl (C=O) groups excluding carboxylic acids is 5. The van der Waals surface area contributed by atoms with E-state index < -0.39 is 81.0 Å². The molecule has 2 aromatic carbocycles. The number of amides is 5. The number of ether oxygens (including phenoxy) is 2. The summed E-state index contributed by atoms with van der Waals surface area (Å²) in [6.07, 6.45) is 3.81. The number of halogens is 2. The third-order valence-corrected chi connectivity index (χ3v) is 11.7. The van der Waals surface area contributed by atoms with Crippen LogP contribution in [0, 0.1) is 11.7 Å². The standard InChI is InChI=1S/C38H45ClFN5O9S/c1-37(2,3)54-35(49)41-30-13-8-6-4-5-7-11-24-19-38(24,34(48)43-55(51,52)27-16-14-25(39)15-17-27)42-32(46)31-18-26(21-45(31)33(30)47)53-36(50)44-20-23-10-9-12-29(40)28(23)22-44/h7,9-12,14-17,24,26,30-31H,4-6,8,13,18-22H2,1-3H3,(H,41,49)(H,42,46)(H,43,48)/b11-7-/t24-,26+,30-,31-,38+/m0/s1. The summed E-state index contributed by atoms with van der Waals surface area (Å²) in [5, 5.41) is 5.72. The normalized spacial score (nSPS) is 26.3. The summed E-state index contributed by atoms with van der Waals surface area (Å²) in [5.41, 5.74) is -1.52. The highest BCUT2D eigenvalue weighted by Gasteiger charge is 2.61. The van der Waals surface area contributed by atoms with Crippen molar-refractivity contribution >= 4 is 51.5 Å². The number of nitrogens with zero attached hydrogens (tertiary/aromatic N) is 2. The molecule has 0 bridgehead atoms. The molecular formula is C38H45ClFN5O9S. The topological polar surface area (TPSA) is 181 Å². The maximum Gasteiger partial charge on any atom is 0.410 e. The number of nitrogens with one attached hydrogen (secondary N) is 3. The lowest BCUT2D eigenvalue weighted by Gasteiger charge is -2.30. The van der Waals surface area contributed by atoms with Crippen molar-refractivity contribution in [2.24, 2.45) is 5.92 Å². The van der Waals surface area contributed by atoms with E-state index in [4.69, 9.17) is 21.1 Å². The number of fused-ring (bicyclic) bond motifs is 3. The van der Waals surface area contributed by atoms with E-state index in [2.05, 4.69) is 15.4 Å². The first-order valence-corrected chi connectivity index (χ1v) is 20.2. The second kappa shape index (κ2) is 15.8. The maximum atomic E-state index is 14.4. The fraction of sp³-hybridized carbons (Fsp3) is 0.500. The van der Waals surface area contributed by atoms with Crippen molar-refractivity contribution in [2.75, 3.05) is 6.54 Å². The van der Waals surface area contributed by atoms with Crippen LogP contribution in [0.15, 0.2) is 59.5 Å². The Balaban J connectivity index is 1.26. The first kappa shape index (κ1) is 40.0. The van der Waals surface area contributed by atoms with Gasteiger partial charge in [0.1, 0.15) is 35.1 Å². The van der Waals surface area contributed by atoms with Gasteiger partial charge < -0.3 is 25.0 Å². The van der Waals surface area contributed by atoms with Gasteiger partial charge in [0.25, 0.3) is 15.9 Å². The molecule has 0 unspecified atom stereocenters. The predicted molar refractivity (Wildman–Crippen MR) is 197 cm³/mol. The lowest BCUT2D eigenvalue weighted by atomic mass is 10.0. The fourth-order valence-corrected chi connectivity index (χ4v) is 8.39. The Morgan fingerprint density at radius 1 is 1.04 bits per heavy atom. The van der Waals surface area contributed by atoms with Gasteiger partial charge in [-0.05, 0) is 82.3 Å². The Hall–Kier alpha value is -4.70. The molecule has 4 aliphatic rings. The summed E-state index contributed by atoms with van der Waals surface area (Å²) in [7, 11) is -4.37. The Bertz CT molecular complexity index is 1990. The molecule has 1 saturated carbocycles. The van der Waals surface area contributed by atoms with Gasteiger partial charge in [0.05, 0.1) is 18.0 Å². The van der Waals surface area contributed by atoms with E-state index in [-0.39, 0.29) is 43.8 Å². The van der Waals surface area contributed by atoms with Gasteiger partial charge in [0, 0.05) is 29.5 Å². The van der Waals surface area contributed by atoms with Crippen LogP contribution in [0.1, 0.15) is 76.8 Å². The minimum absolute atomic E-state index is 0.0204. The van der Waals surface area contributed by atoms with Crippen molar-refractivity contribution < 1.29 is 46.3 Å². The smallest absolute Gasteiger partial charge is 0.410 e. The van der Waals surface area contributed by atoms with Gasteiger partial charge in [-0.25, -0.2) is 27.1 Å². The van der Waals surface area contributed by atoms with Crippen LogP contribution in [0.2, 0.25) is 5.02 Å². The monoisotopic (exact) mass is 801 g/mol. The van der Waals surface area contributed by atoms with Crippen LogP contribution in [0.25, 0.3) is 0 Å². The van der Waals surface area contributed by atoms with Crippen molar-refractivity contribution in [3.05, 3.63) is 76.6 Å². The third-order valence-electron chi connectivity index (χ3n) is 10.1. The Kier molecular flexibility index (Phi) is 11.5. The molecule has 3 N–H and O–H groups in total. The Morgan fingerprint density at radius 2 is 1.78 bits per heavy atom. The first-order valence-electron chi connectivity index (χ1n) is 18.3. The molecule has 5 atom stereocenters. The van der Waals surface area contributed by atoms with E-state index in [1.165, 1.54) is 40.1 Å². The third kappa shape index (κ3) is 9.23. The molecule has 1 saturated heterocycles. The Morgan fingerprint density at radius 3 is 2.49 bits per heavy atom. The quantitative estimate of drug-likeness (QED) is 0.362. The molecule has 3 heterocycles. The average molecular weight is 802 g/mol. The van der Waals surface area contributed by atoms with Gasteiger partial charge in [-0.1, -0.05) is 48.7 Å². The van der Waals surface area contributed by atoms with Crippen molar-refractivity contribution in [1.82, 2.24) is 25.2 Å². The summed E-state index contributed by atoms with van der Waals surface area (Å²) in [5.74, 6) is -3.36. The second-order valence-electron chi connectivity index (χ2n) is 15.4. The summed E-state index contributed by atoms with van der Waals surface area (Å²) in [6.45, 7) is 4.92. The number of allylic oxidation sites excluding steroid dienone is 1. The van der Waals surface area contributed by atoms with E-state index in [1.807, 2.05) is 6.08 Å². The van der Waals surface area contributed by atoms with Gasteiger partial charge in [0.2, 0.25) is 11.8 Å². The van der Waals surface area contributed by atoms with Crippen LogP contribution in [0.4, 0.5) is 14.0 Å². The molecule has 3 aliphatic heterocycles. The Labute approximate surface area is 324 Å². The minimum Gasteiger partial charge on any atom is -0.444 e. The molecule has 2 aromatic rings. The largest absolute Gasteiger partial charge is 0.444 e. The number of hydrogen-bond donors (Lipinski definition) is 3. The summed E-state index contributed by atoms with van der Waals surface area (Å²) < 4.78 is 54.3. The summed E-state index contributed by atoms with van der Waals surface area (Å²) in [6, 6.07) is 7.42. The lowest BCUT2D eigenvalue weighted by molar-refractivity contribution is -0.141. The molecule has 17 heteroatoms. The zero-order valence-electron chi connectivity index (χ0n) is 30.8. The molecule has 5 amide bonds. The van der Waals surface area contributed by atoms with Crippen LogP contribution < -0.4 is 15.4 Å². The minimum atomic E-state index is -4.37. The summed E-state index contributed by atoms with van der Waals surface area (Å²) in [4.78, 5) is 71.2. The highest BCUT2D eigenvalue weighted by Crippen LogP contribution is 2.46. The van der Waals surface area contributed by atoms with Gasteiger partial charge in [0.15, 0.2) is 0 Å². The number of benzene rings is 2. The van der Waals surface area contributed by atoms with E-state index in [0.29, 0.717) is 35.4 Å². The number of carbonyl (C=O) groups is 5. The van der Waals surface area contributed by atoms with Crippen LogP contribution in [-0.4, -0.2) is 84.0 Å². The van der Waals surface area contributed by atoms with Crippen LogP contribution >= 0.6 is 11.6 Å². The molecule has 6 rings (SSSR count). The number of alkyl carbamates (subject to hydrolysis) is 1. The average Bonchev–Trinajstić information content (AvgIpc) is 3.40. The van der Waals surface area contributed by atoms with E-state index in [1.54, 1.807) is 39.0 Å². The number of rotatable bonds is 5. The molecule has 1 aliphatic carbocycles. The van der Waals surface area contributed by atoms with E-state index in [0.717, 1.165) is 6.42 Å². The van der Waals surface area contributed by atoms with Gasteiger partial charge in [-0.3, -0.25) is 19.3 Å². The fourth-order valence-electron chi connectivity index (χ4n) is 7.23. The molecule has 0 spiro atoms. The first-order chi connectivity index (χ1) is 26.0. The van der Waals surface area contributed by atoms with Crippen LogP contribution in [0.3, 0.4) is 0 Å². The second-order valence-corrected chi connectivity index (χ2v) is 17.5. The molecule has 0 radical (unpaired) electrons. The molecule has 14 nitrogen and oxygen atoms in total. The molecule has 2 fully saturated rings. The predicted octanol–water partition coefficient (Wildman–Crippen LogP) is 4.69. The molecule has 0 aromatic heterocycles. The van der Waals surface area contributed by atoms with Crippen molar-refractivity contribution in [3.8, 4) is 0 Å². The zero-order valence-corrected chi connectivity index (χ0v) is 32.4. The molecule has 296 valence electrons. The number of hydrogen-bond acceptors (Lipinski definition) is 9. The van der Waals surface area contributed by atoms with Gasteiger partial charge in [-0.2, -0.15) is 0 Å². The van der Waals surface area contributed by atoms with Crippen LogP contribution in [0.5, 0.6) is 0 Å². The van der Waals surface area contributed by atoms with Crippen LogP contribution in [-0.2, 0) is 47.0 Å². The van der Waals surface area contributed by atoms with E-state index in [9.17, 15) is 36.8 Å². The van der Waals surface area contributed by atoms with E-state index >= 15 is 0 Å². The molecule has 55 heavy (non-hydrogen) atoms. The summed E-state index contributed by atoms with van der Waals surface area (Å²) >= 11 is 5.93. The van der Waals surface area contributed by atoms with Crippen molar-refractivity contribution in [3.63, 3.8) is 0 Å². The van der Waals surface area contributed by atoms with Crippen molar-refractivity contribution in [1.29, 1.82) is 0 Å². The highest BCUT2D eigenvalue weighted by molar-refractivity contribution is 7.90. The van der Waals surface area contributed by atoms with Gasteiger partial charge in [-0.15, -0.1) is 0 Å². The molecular weight excluding hydrogens is 757 g/mol. The maximum absolute atomic E-state index is 14.4. The highest BCUT2D eigenvalue weighted by atomic mass is 35.5. The van der Waals surface area contributed by atoms with Crippen molar-refractivity contribution in [2.45, 2.75) is 113 Å². The van der Waals surface area contributed by atoms with Gasteiger partial charge >= 0.3 is 12.2 Å².